The Bertz CT molecular complexity index is 1900. The third kappa shape index (κ3) is 261. The van der Waals surface area contributed by atoms with Crippen LogP contribution < -0.4 is 63.8 Å². The van der Waals surface area contributed by atoms with E-state index in [0.29, 0.717) is 19.3 Å². The first kappa shape index (κ1) is 240. The van der Waals surface area contributed by atoms with E-state index in [0.717, 1.165) is 57.8 Å². The number of carbonyl (C=O) groups is 10. The van der Waals surface area contributed by atoms with Gasteiger partial charge in [-0.15, -0.1) is 0 Å². The van der Waals surface area contributed by atoms with Crippen molar-refractivity contribution in [1.29, 1.82) is 0 Å². The van der Waals surface area contributed by atoms with E-state index in [4.69, 9.17) is 70.9 Å². The molecule has 0 atom stereocenters. The number of rotatable bonds is 34. The maximum Gasteiger partial charge on any atom is 0.311 e. The third-order valence-electron chi connectivity index (χ3n) is 8.08. The zero-order chi connectivity index (χ0) is 75.4. The predicted octanol–water partition coefficient (Wildman–Crippen LogP) is 3.74. The van der Waals surface area contributed by atoms with Crippen LogP contribution in [0.25, 0.3) is 0 Å². The molecule has 0 rings (SSSR count). The number of aliphatic hydroxyl groups is 12. The van der Waals surface area contributed by atoms with Crippen molar-refractivity contribution >= 4 is 96.3 Å². The molecule has 0 aliphatic heterocycles. The summed E-state index contributed by atoms with van der Waals surface area (Å²) in [6.45, 7) is 15.3. The molecular formula is C72H180N12O28Y5-6. The van der Waals surface area contributed by atoms with Gasteiger partial charge in [0.15, 0.2) is 0 Å². The van der Waals surface area contributed by atoms with Crippen LogP contribution in [0.3, 0.4) is 0 Å². The quantitative estimate of drug-likeness (QED) is 0.0143. The maximum absolute atomic E-state index is 10.8. The summed E-state index contributed by atoms with van der Waals surface area (Å²) in [5.41, 5.74) is 0. The smallest absolute Gasteiger partial charge is 0.311 e. The molecule has 5 radical (unpaired) electrons. The van der Waals surface area contributed by atoms with Crippen LogP contribution in [0.2, 0.25) is 0 Å². The Morgan fingerprint density at radius 3 is 0.504 bits per heavy atom. The molecule has 0 unspecified atom stereocenters. The summed E-state index contributed by atoms with van der Waals surface area (Å²) in [4.78, 5) is 161. The zero-order valence-corrected chi connectivity index (χ0v) is 71.9. The van der Waals surface area contributed by atoms with Gasteiger partial charge < -0.3 is 106 Å². The normalized spacial score (nSPS) is 7.86. The van der Waals surface area contributed by atoms with Crippen molar-refractivity contribution in [2.75, 3.05) is 42.3 Å². The van der Waals surface area contributed by atoms with E-state index in [1.807, 2.05) is 52.0 Å². The summed E-state index contributed by atoms with van der Waals surface area (Å²) in [5, 5.41) is 125. The molecule has 24 N–H and O–H groups in total. The van der Waals surface area contributed by atoms with Crippen molar-refractivity contribution in [3.05, 3.63) is 0 Å². The molecule has 0 aliphatic rings. The Balaban J connectivity index is -0.0000000180. The molecule has 0 spiro atoms. The average molecular weight is 2110 g/mol. The number of hydrogen-bond acceptors (Lipinski definition) is 34. The van der Waals surface area contributed by atoms with Crippen LogP contribution >= 0.6 is 0 Å². The van der Waals surface area contributed by atoms with Crippen LogP contribution in [0.15, 0.2) is 0 Å². The van der Waals surface area contributed by atoms with Gasteiger partial charge in [0, 0.05) is 176 Å². The van der Waals surface area contributed by atoms with Gasteiger partial charge in [-0.3, -0.25) is 115 Å². The van der Waals surface area contributed by atoms with Gasteiger partial charge in [-0.05, 0) is 89.7 Å². The van der Waals surface area contributed by atoms with E-state index in [1.54, 1.807) is 31.9 Å². The van der Waals surface area contributed by atoms with Crippen molar-refractivity contribution < 1.29 is 302 Å². The van der Waals surface area contributed by atoms with Gasteiger partial charge in [0.25, 0.3) is 18.1 Å². The molecule has 6 amide bonds. The predicted molar refractivity (Wildman–Crippen MR) is 456 cm³/mol. The number of unbranched alkanes of at least 4 members (excludes halogenated alkanes) is 4. The summed E-state index contributed by atoms with van der Waals surface area (Å²) in [6.07, 6.45) is 14.9. The molecule has 0 aliphatic carbocycles. The van der Waals surface area contributed by atoms with Crippen LogP contribution in [0.4, 0.5) is 0 Å². The second-order valence-corrected chi connectivity index (χ2v) is 17.2. The Labute approximate surface area is 838 Å². The molecule has 45 heteroatoms. The largest absolute Gasteiger partial charge is 0.542 e. The second kappa shape index (κ2) is 158. The van der Waals surface area contributed by atoms with Crippen LogP contribution in [0, 0.1) is 0 Å². The van der Waals surface area contributed by atoms with Gasteiger partial charge in [0.1, 0.15) is 40.5 Å². The SMILES string of the molecule is C.C.C.C.C.C.C.C.C.C.C.C.C.C.C.C.C.C.C.C.CCCCC(=O)CC(C)=O.CCCCC(=O)CC(C)=O.CCCC[C-]=O.CNC(O)(O)NC(=O)CC(C)=O.CNC(O)(O)NC(=O)CC(C)=O.CNC(O)(O)NC(=O)CC(C)=O.CNC(O)(O)N[C-]=O.CNC(O)(O)N[C-]=O.CNC(O)(O)N[C-]=O.C[C-]=O.C[C-]=O.[Y].[Y].[Y].[Y].[Y]. The fraction of sp³-hybridized carbons (Fsp3) is 0.778. The Hall–Kier alpha value is -1.68. The first-order valence-corrected chi connectivity index (χ1v) is 26.7. The number of nitrogens with one attached hydrogen (secondary N) is 12. The second-order valence-electron chi connectivity index (χ2n) is 17.2. The summed E-state index contributed by atoms with van der Waals surface area (Å²) in [6, 6.07) is -14.4. The van der Waals surface area contributed by atoms with E-state index in [-0.39, 0.29) is 385 Å². The molecule has 0 aromatic carbocycles. The van der Waals surface area contributed by atoms with E-state index < -0.39 is 53.9 Å². The van der Waals surface area contributed by atoms with Crippen LogP contribution in [0.5, 0.6) is 0 Å². The molecule has 0 fully saturated rings. The minimum Gasteiger partial charge on any atom is -0.542 e. The molecule has 40 nitrogen and oxygen atoms in total. The van der Waals surface area contributed by atoms with Crippen molar-refractivity contribution in [2.45, 2.75) is 344 Å². The maximum atomic E-state index is 10.8. The van der Waals surface area contributed by atoms with E-state index in [1.165, 1.54) is 103 Å². The molecular weight excluding hydrogens is 1930 g/mol. The van der Waals surface area contributed by atoms with Gasteiger partial charge in [-0.1, -0.05) is 195 Å². The molecule has 0 saturated heterocycles. The summed E-state index contributed by atoms with van der Waals surface area (Å²) in [7, 11) is 7.54. The first-order valence-electron chi connectivity index (χ1n) is 26.7. The van der Waals surface area contributed by atoms with Crippen LogP contribution in [-0.4, -0.2) is 236 Å². The number of ketones is 7. The standard InChI is InChI=1S/2C8H14O2.3C6H12N2O4.C5H9O.3C3H7N2O3.2C2H3O.20CH4.5Y/c2*1-3-4-5-8(10)6-7(2)9;3*1-4(9)3-5(10)8-6(11,12)7-2;1-2-3-4-5-6;3*1-4-3(7,8)5-2-6;2*1-2-3;;;;;;;;;;;;;;;;;;;;;;;;;/h2*3-6H2,1-2H3;3*7,11-12H,3H2,1-2H3,(H,8,10);2-4H2,1H3;3*4,7-8H,1H3,(H,5,6);2*1H3;20*1H4;;;;;/q;;;;;6*-1;;;;;;;;;;;;;;;;;;;;;;;;;. The average Bonchev–Trinajstić information content (AvgIpc) is 0.934. The Morgan fingerprint density at radius 1 is 0.274 bits per heavy atom. The van der Waals surface area contributed by atoms with Gasteiger partial charge in [-0.25, -0.2) is 0 Å². The van der Waals surface area contributed by atoms with Gasteiger partial charge in [0.05, 0.1) is 32.1 Å². The zero-order valence-electron chi connectivity index (χ0n) is 57.7. The topological polar surface area (TPSA) is 660 Å². The molecule has 0 bridgehead atoms. The summed E-state index contributed by atoms with van der Waals surface area (Å²) < 4.78 is 0. The minimum absolute atomic E-state index is 0. The van der Waals surface area contributed by atoms with Crippen LogP contribution in [0.1, 0.15) is 308 Å². The van der Waals surface area contributed by atoms with E-state index in [9.17, 15) is 67.1 Å². The first-order chi connectivity index (χ1) is 42.0. The Kier molecular flexibility index (Phi) is 324. The molecule has 717 valence electrons. The number of carbonyl (C=O) groups excluding carboxylic acids is 16. The molecule has 0 saturated carbocycles. The van der Waals surface area contributed by atoms with Crippen molar-refractivity contribution in [3.8, 4) is 0 Å². The monoisotopic (exact) mass is 2110 g/mol. The van der Waals surface area contributed by atoms with Crippen LogP contribution in [-0.2, 0) is 240 Å². The molecule has 0 aromatic rings. The van der Waals surface area contributed by atoms with Gasteiger partial charge in [-0.2, -0.15) is 39.5 Å². The van der Waals surface area contributed by atoms with Gasteiger partial charge in [0.2, 0.25) is 17.7 Å². The number of amides is 6. The van der Waals surface area contributed by atoms with Crippen molar-refractivity contribution in [1.82, 2.24) is 63.8 Å². The molecule has 0 heterocycles. The fourth-order valence-corrected chi connectivity index (χ4v) is 3.71. The van der Waals surface area contributed by atoms with E-state index >= 15 is 0 Å². The number of Topliss-reactive ketones (excluding diaryl/α,β-unsaturated/α-hetero) is 7. The van der Waals surface area contributed by atoms with Crippen molar-refractivity contribution in [2.24, 2.45) is 0 Å². The van der Waals surface area contributed by atoms with E-state index in [2.05, 4.69) is 6.92 Å². The fourth-order valence-electron chi connectivity index (χ4n) is 3.71. The molecule has 0 aromatic heterocycles. The number of hydrogen-bond donors (Lipinski definition) is 24. The van der Waals surface area contributed by atoms with Crippen molar-refractivity contribution in [3.63, 3.8) is 0 Å². The summed E-state index contributed by atoms with van der Waals surface area (Å²) >= 11 is 0. The van der Waals surface area contributed by atoms with Gasteiger partial charge >= 0.3 is 18.1 Å². The minimum atomic E-state index is -2.45. The summed E-state index contributed by atoms with van der Waals surface area (Å²) in [5.74, 6) is -3.19. The third-order valence-corrected chi connectivity index (χ3v) is 8.08. The Morgan fingerprint density at radius 2 is 0.419 bits per heavy atom. The molecule has 117 heavy (non-hydrogen) atoms.